The van der Waals surface area contributed by atoms with Crippen LogP contribution in [0.4, 0.5) is 5.69 Å². The lowest BCUT2D eigenvalue weighted by atomic mass is 9.70. The third kappa shape index (κ3) is 3.78. The topological polar surface area (TPSA) is 107 Å². The number of carboxylic acid groups (broad SMARTS) is 1. The van der Waals surface area contributed by atoms with E-state index in [-0.39, 0.29) is 36.3 Å². The van der Waals surface area contributed by atoms with Gasteiger partial charge in [0.05, 0.1) is 17.9 Å². The SMILES string of the molecule is C=CCN(C(=O)[C@@H]1N(CCCCO)C(=O)[C@H]2[C@H](C(=O)O)[C@H]3O[C@@]12CC3Br)c1cc(C)ccc1C. The molecule has 1 aromatic rings. The predicted molar refractivity (Wildman–Crippen MR) is 130 cm³/mol. The normalized spacial score (nSPS) is 31.6. The van der Waals surface area contributed by atoms with Crippen LogP contribution in [0.25, 0.3) is 0 Å². The molecule has 0 saturated carbocycles. The minimum Gasteiger partial charge on any atom is -0.481 e. The van der Waals surface area contributed by atoms with Crippen molar-refractivity contribution in [3.05, 3.63) is 42.0 Å². The molecule has 0 radical (unpaired) electrons. The molecule has 3 aliphatic rings. The Kier molecular flexibility index (Phi) is 6.90. The van der Waals surface area contributed by atoms with Crippen molar-refractivity contribution in [1.82, 2.24) is 4.90 Å². The molecule has 0 aliphatic carbocycles. The van der Waals surface area contributed by atoms with Gasteiger partial charge in [-0.2, -0.15) is 0 Å². The first-order valence-electron chi connectivity index (χ1n) is 11.6. The molecule has 3 fully saturated rings. The Morgan fingerprint density at radius 2 is 2.09 bits per heavy atom. The number of halogens is 1. The van der Waals surface area contributed by atoms with E-state index < -0.39 is 35.6 Å². The molecule has 34 heavy (non-hydrogen) atoms. The summed E-state index contributed by atoms with van der Waals surface area (Å²) < 4.78 is 6.32. The van der Waals surface area contributed by atoms with Gasteiger partial charge in [0, 0.05) is 30.2 Å². The van der Waals surface area contributed by atoms with E-state index >= 15 is 0 Å². The maximum atomic E-state index is 14.3. The number of likely N-dealkylation sites (tertiary alicyclic amines) is 1. The summed E-state index contributed by atoms with van der Waals surface area (Å²) in [6, 6.07) is 4.89. The fourth-order valence-corrected chi connectivity index (χ4v) is 6.86. The number of carbonyl (C=O) groups excluding carboxylic acids is 2. The van der Waals surface area contributed by atoms with Gasteiger partial charge in [0.1, 0.15) is 11.6 Å². The average Bonchev–Trinajstić information content (AvgIpc) is 3.37. The summed E-state index contributed by atoms with van der Waals surface area (Å²) in [5, 5.41) is 19.2. The van der Waals surface area contributed by atoms with E-state index in [2.05, 4.69) is 22.5 Å². The van der Waals surface area contributed by atoms with Crippen LogP contribution in [0.3, 0.4) is 0 Å². The lowest BCUT2D eigenvalue weighted by Crippen LogP contribution is -2.57. The van der Waals surface area contributed by atoms with Crippen LogP contribution in [-0.4, -0.2) is 75.2 Å². The van der Waals surface area contributed by atoms with Crippen molar-refractivity contribution in [3.63, 3.8) is 0 Å². The van der Waals surface area contributed by atoms with E-state index in [1.165, 1.54) is 4.90 Å². The monoisotopic (exact) mass is 534 g/mol. The zero-order chi connectivity index (χ0) is 24.8. The van der Waals surface area contributed by atoms with Gasteiger partial charge in [-0.25, -0.2) is 0 Å². The largest absolute Gasteiger partial charge is 0.481 e. The molecule has 184 valence electrons. The van der Waals surface area contributed by atoms with Crippen LogP contribution in [0.5, 0.6) is 0 Å². The summed E-state index contributed by atoms with van der Waals surface area (Å²) in [6.45, 7) is 8.15. The molecule has 8 nitrogen and oxygen atoms in total. The van der Waals surface area contributed by atoms with Gasteiger partial charge < -0.3 is 24.7 Å². The second-order valence-corrected chi connectivity index (χ2v) is 10.7. The number of fused-ring (bicyclic) bond motifs is 1. The van der Waals surface area contributed by atoms with Crippen molar-refractivity contribution in [2.45, 2.75) is 55.7 Å². The molecule has 4 rings (SSSR count). The molecular formula is C25H31BrN2O6. The number of unbranched alkanes of at least 4 members (excludes halogenated alkanes) is 1. The van der Waals surface area contributed by atoms with Crippen LogP contribution in [0.1, 0.15) is 30.4 Å². The lowest BCUT2D eigenvalue weighted by molar-refractivity contribution is -0.149. The quantitative estimate of drug-likeness (QED) is 0.286. The Morgan fingerprint density at radius 1 is 1.35 bits per heavy atom. The van der Waals surface area contributed by atoms with Gasteiger partial charge in [-0.1, -0.05) is 34.1 Å². The van der Waals surface area contributed by atoms with E-state index in [4.69, 9.17) is 4.74 Å². The van der Waals surface area contributed by atoms with Crippen LogP contribution in [0.2, 0.25) is 0 Å². The molecular weight excluding hydrogens is 504 g/mol. The second kappa shape index (κ2) is 9.43. The van der Waals surface area contributed by atoms with Crippen molar-refractivity contribution in [2.75, 3.05) is 24.6 Å². The summed E-state index contributed by atoms with van der Waals surface area (Å²) in [7, 11) is 0. The van der Waals surface area contributed by atoms with Crippen LogP contribution < -0.4 is 4.90 Å². The molecule has 3 aliphatic heterocycles. The molecule has 3 saturated heterocycles. The zero-order valence-corrected chi connectivity index (χ0v) is 21.0. The van der Waals surface area contributed by atoms with E-state index in [1.54, 1.807) is 11.0 Å². The van der Waals surface area contributed by atoms with Crippen LogP contribution in [-0.2, 0) is 19.1 Å². The predicted octanol–water partition coefficient (Wildman–Crippen LogP) is 2.43. The van der Waals surface area contributed by atoms with Gasteiger partial charge in [-0.3, -0.25) is 14.4 Å². The minimum absolute atomic E-state index is 0.0277. The number of aliphatic carboxylic acids is 1. The van der Waals surface area contributed by atoms with Crippen molar-refractivity contribution >= 4 is 39.4 Å². The molecule has 2 N–H and O–H groups in total. The summed E-state index contributed by atoms with van der Waals surface area (Å²) >= 11 is 3.56. The number of amides is 2. The van der Waals surface area contributed by atoms with E-state index in [0.29, 0.717) is 19.3 Å². The molecule has 0 aromatic heterocycles. The van der Waals surface area contributed by atoms with Gasteiger partial charge in [0.2, 0.25) is 5.91 Å². The molecule has 3 heterocycles. The maximum Gasteiger partial charge on any atom is 0.310 e. The van der Waals surface area contributed by atoms with Crippen molar-refractivity contribution in [1.29, 1.82) is 0 Å². The average molecular weight is 535 g/mol. The first-order valence-corrected chi connectivity index (χ1v) is 12.5. The summed E-state index contributed by atoms with van der Waals surface area (Å²) in [5.41, 5.74) is 1.41. The smallest absolute Gasteiger partial charge is 0.310 e. The summed E-state index contributed by atoms with van der Waals surface area (Å²) in [5.74, 6) is -3.69. The standard InChI is InChI=1S/C25H31BrN2O6/c1-4-9-27(17-12-14(2)7-8-15(17)3)23(31)21-25-13-16(26)20(34-25)18(24(32)33)19(25)22(30)28(21)10-5-6-11-29/h4,7-8,12,16,18-21,29H,1,5-6,9-11,13H2,2-3H3,(H,32,33)/t16?,18-,19+,20-,21-,25+/m0/s1. The maximum absolute atomic E-state index is 14.3. The molecule has 1 aromatic carbocycles. The highest BCUT2D eigenvalue weighted by Crippen LogP contribution is 2.60. The van der Waals surface area contributed by atoms with Crippen LogP contribution in [0.15, 0.2) is 30.9 Å². The van der Waals surface area contributed by atoms with Crippen molar-refractivity contribution < 1.29 is 29.3 Å². The number of carbonyl (C=O) groups is 3. The Labute approximate surface area is 207 Å². The number of ether oxygens (including phenoxy) is 1. The highest BCUT2D eigenvalue weighted by Gasteiger charge is 2.76. The van der Waals surface area contributed by atoms with Crippen molar-refractivity contribution in [2.24, 2.45) is 11.8 Å². The third-order valence-electron chi connectivity index (χ3n) is 7.35. The van der Waals surface area contributed by atoms with E-state index in [9.17, 15) is 24.6 Å². The van der Waals surface area contributed by atoms with E-state index in [1.807, 2.05) is 32.0 Å². The van der Waals surface area contributed by atoms with Gasteiger partial charge in [-0.15, -0.1) is 6.58 Å². The number of aryl methyl sites for hydroxylation is 2. The third-order valence-corrected chi connectivity index (χ3v) is 8.19. The number of aliphatic hydroxyl groups excluding tert-OH is 1. The highest BCUT2D eigenvalue weighted by molar-refractivity contribution is 9.09. The minimum atomic E-state index is -1.22. The highest BCUT2D eigenvalue weighted by atomic mass is 79.9. The number of benzene rings is 1. The number of hydrogen-bond donors (Lipinski definition) is 2. The lowest BCUT2D eigenvalue weighted by Gasteiger charge is -2.37. The Balaban J connectivity index is 1.80. The Morgan fingerprint density at radius 3 is 2.74 bits per heavy atom. The molecule has 6 atom stereocenters. The summed E-state index contributed by atoms with van der Waals surface area (Å²) in [6.07, 6.45) is 2.32. The fourth-order valence-electron chi connectivity index (χ4n) is 5.92. The molecule has 2 amide bonds. The number of hydrogen-bond acceptors (Lipinski definition) is 5. The number of carboxylic acids is 1. The van der Waals surface area contributed by atoms with Gasteiger partial charge in [0.15, 0.2) is 0 Å². The molecule has 2 bridgehead atoms. The number of alkyl halides is 1. The Bertz CT molecular complexity index is 1020. The second-order valence-electron chi connectivity index (χ2n) is 9.49. The van der Waals surface area contributed by atoms with Gasteiger partial charge >= 0.3 is 5.97 Å². The zero-order valence-electron chi connectivity index (χ0n) is 19.4. The van der Waals surface area contributed by atoms with Gasteiger partial charge in [-0.05, 0) is 50.3 Å². The number of anilines is 1. The van der Waals surface area contributed by atoms with Crippen molar-refractivity contribution in [3.8, 4) is 0 Å². The molecule has 1 unspecified atom stereocenters. The number of rotatable bonds is 9. The molecule has 9 heteroatoms. The number of nitrogens with zero attached hydrogens (tertiary/aromatic N) is 2. The van der Waals surface area contributed by atoms with Crippen LogP contribution >= 0.6 is 15.9 Å². The van der Waals surface area contributed by atoms with Gasteiger partial charge in [0.25, 0.3) is 5.91 Å². The Hall–Kier alpha value is -2.23. The van der Waals surface area contributed by atoms with Crippen LogP contribution in [0, 0.1) is 25.7 Å². The van der Waals surface area contributed by atoms with E-state index in [0.717, 1.165) is 16.8 Å². The summed E-state index contributed by atoms with van der Waals surface area (Å²) in [4.78, 5) is 43.0. The fraction of sp³-hybridized carbons (Fsp3) is 0.560. The molecule has 1 spiro atoms. The number of aliphatic hydroxyl groups is 1. The first kappa shape index (κ1) is 24.9. The first-order chi connectivity index (χ1) is 16.2.